The molecular formula is C15H11ClN2O. The predicted octanol–water partition coefficient (Wildman–Crippen LogP) is 3.57. The van der Waals surface area contributed by atoms with Crippen molar-refractivity contribution >= 4 is 28.2 Å². The molecule has 0 aliphatic rings. The number of aromatic nitrogens is 2. The van der Waals surface area contributed by atoms with Gasteiger partial charge in [0.2, 0.25) is 0 Å². The SMILES string of the molecule is O=C(Cn1ccnc1)c1ccc(Cl)c2ccccc12. The normalized spacial score (nSPS) is 10.8. The van der Waals surface area contributed by atoms with Crippen molar-refractivity contribution in [3.63, 3.8) is 0 Å². The molecule has 0 amide bonds. The van der Waals surface area contributed by atoms with Gasteiger partial charge in [-0.2, -0.15) is 0 Å². The largest absolute Gasteiger partial charge is 0.330 e. The van der Waals surface area contributed by atoms with Crippen LogP contribution >= 0.6 is 11.6 Å². The second kappa shape index (κ2) is 4.86. The second-order valence-corrected chi connectivity index (χ2v) is 4.71. The van der Waals surface area contributed by atoms with Crippen molar-refractivity contribution in [2.45, 2.75) is 6.54 Å². The number of halogens is 1. The van der Waals surface area contributed by atoms with E-state index in [4.69, 9.17) is 11.6 Å². The molecule has 0 fully saturated rings. The van der Waals surface area contributed by atoms with Crippen LogP contribution in [0.25, 0.3) is 10.8 Å². The van der Waals surface area contributed by atoms with Gasteiger partial charge in [0.05, 0.1) is 12.9 Å². The third-order valence-corrected chi connectivity index (χ3v) is 3.39. The number of hydrogen-bond acceptors (Lipinski definition) is 2. The van der Waals surface area contributed by atoms with Crippen LogP contribution in [0.15, 0.2) is 55.1 Å². The number of benzene rings is 2. The molecule has 3 rings (SSSR count). The number of Topliss-reactive ketones (excluding diaryl/α,β-unsaturated/α-hetero) is 1. The maximum absolute atomic E-state index is 12.3. The van der Waals surface area contributed by atoms with E-state index in [2.05, 4.69) is 4.98 Å². The molecule has 0 aliphatic carbocycles. The van der Waals surface area contributed by atoms with Gasteiger partial charge >= 0.3 is 0 Å². The van der Waals surface area contributed by atoms with E-state index < -0.39 is 0 Å². The number of fused-ring (bicyclic) bond motifs is 1. The van der Waals surface area contributed by atoms with Crippen molar-refractivity contribution in [3.05, 3.63) is 65.7 Å². The lowest BCUT2D eigenvalue weighted by Crippen LogP contribution is -2.09. The van der Waals surface area contributed by atoms with E-state index in [-0.39, 0.29) is 12.3 Å². The van der Waals surface area contributed by atoms with Crippen LogP contribution in [-0.4, -0.2) is 15.3 Å². The molecule has 4 heteroatoms. The van der Waals surface area contributed by atoms with E-state index in [1.54, 1.807) is 35.4 Å². The van der Waals surface area contributed by atoms with Crippen molar-refractivity contribution in [2.75, 3.05) is 0 Å². The summed E-state index contributed by atoms with van der Waals surface area (Å²) in [5, 5.41) is 2.45. The predicted molar refractivity (Wildman–Crippen MR) is 75.5 cm³/mol. The average Bonchev–Trinajstić information content (AvgIpc) is 2.92. The van der Waals surface area contributed by atoms with E-state index in [9.17, 15) is 4.79 Å². The highest BCUT2D eigenvalue weighted by molar-refractivity contribution is 6.36. The molecular weight excluding hydrogens is 260 g/mol. The van der Waals surface area contributed by atoms with Gasteiger partial charge in [-0.05, 0) is 17.5 Å². The zero-order chi connectivity index (χ0) is 13.2. The van der Waals surface area contributed by atoms with Gasteiger partial charge in [0.25, 0.3) is 0 Å². The van der Waals surface area contributed by atoms with Crippen LogP contribution in [0.5, 0.6) is 0 Å². The first-order chi connectivity index (χ1) is 9.25. The molecule has 2 aromatic carbocycles. The highest BCUT2D eigenvalue weighted by Crippen LogP contribution is 2.26. The summed E-state index contributed by atoms with van der Waals surface area (Å²) in [6, 6.07) is 11.2. The van der Waals surface area contributed by atoms with Gasteiger partial charge in [-0.1, -0.05) is 35.9 Å². The summed E-state index contributed by atoms with van der Waals surface area (Å²) in [7, 11) is 0. The lowest BCUT2D eigenvalue weighted by Gasteiger charge is -2.07. The summed E-state index contributed by atoms with van der Waals surface area (Å²) in [5.74, 6) is 0.0471. The minimum Gasteiger partial charge on any atom is -0.330 e. The molecule has 0 unspecified atom stereocenters. The topological polar surface area (TPSA) is 34.9 Å². The van der Waals surface area contributed by atoms with E-state index >= 15 is 0 Å². The molecule has 0 saturated heterocycles. The molecule has 1 aromatic heterocycles. The molecule has 19 heavy (non-hydrogen) atoms. The first-order valence-electron chi connectivity index (χ1n) is 5.92. The molecule has 0 atom stereocenters. The van der Waals surface area contributed by atoms with E-state index in [1.165, 1.54) is 0 Å². The first-order valence-corrected chi connectivity index (χ1v) is 6.30. The third-order valence-electron chi connectivity index (χ3n) is 3.06. The summed E-state index contributed by atoms with van der Waals surface area (Å²) in [4.78, 5) is 16.3. The van der Waals surface area contributed by atoms with Crippen LogP contribution in [0.4, 0.5) is 0 Å². The Labute approximate surface area is 115 Å². The van der Waals surface area contributed by atoms with Crippen LogP contribution in [0.3, 0.4) is 0 Å². The van der Waals surface area contributed by atoms with Crippen molar-refractivity contribution in [1.82, 2.24) is 9.55 Å². The summed E-state index contributed by atoms with van der Waals surface area (Å²) in [6.45, 7) is 0.283. The van der Waals surface area contributed by atoms with Gasteiger partial charge in [-0.3, -0.25) is 4.79 Å². The van der Waals surface area contributed by atoms with Crippen molar-refractivity contribution in [1.29, 1.82) is 0 Å². The van der Waals surface area contributed by atoms with Crippen LogP contribution < -0.4 is 0 Å². The molecule has 0 saturated carbocycles. The highest BCUT2D eigenvalue weighted by Gasteiger charge is 2.11. The van der Waals surface area contributed by atoms with Gasteiger partial charge in [-0.15, -0.1) is 0 Å². The summed E-state index contributed by atoms with van der Waals surface area (Å²) in [5.41, 5.74) is 0.689. The number of carbonyl (C=O) groups is 1. The minimum absolute atomic E-state index is 0.0471. The van der Waals surface area contributed by atoms with E-state index in [1.807, 2.05) is 24.3 Å². The maximum atomic E-state index is 12.3. The second-order valence-electron chi connectivity index (χ2n) is 4.30. The Balaban J connectivity index is 2.05. The fourth-order valence-electron chi connectivity index (χ4n) is 2.14. The lowest BCUT2D eigenvalue weighted by atomic mass is 10.0. The Morgan fingerprint density at radius 3 is 2.68 bits per heavy atom. The number of carbonyl (C=O) groups excluding carboxylic acids is 1. The number of nitrogens with zero attached hydrogens (tertiary/aromatic N) is 2. The van der Waals surface area contributed by atoms with Crippen molar-refractivity contribution in [3.8, 4) is 0 Å². The van der Waals surface area contributed by atoms with Crippen molar-refractivity contribution in [2.24, 2.45) is 0 Å². The highest BCUT2D eigenvalue weighted by atomic mass is 35.5. The van der Waals surface area contributed by atoms with Crippen LogP contribution in [-0.2, 0) is 6.54 Å². The third kappa shape index (κ3) is 2.25. The van der Waals surface area contributed by atoms with Crippen molar-refractivity contribution < 1.29 is 4.79 Å². The molecule has 1 heterocycles. The molecule has 0 bridgehead atoms. The molecule has 3 aromatic rings. The van der Waals surface area contributed by atoms with Gasteiger partial charge < -0.3 is 4.57 Å². The minimum atomic E-state index is 0.0471. The number of hydrogen-bond donors (Lipinski definition) is 0. The zero-order valence-electron chi connectivity index (χ0n) is 10.1. The molecule has 0 N–H and O–H groups in total. The number of ketones is 1. The Morgan fingerprint density at radius 2 is 1.95 bits per heavy atom. The van der Waals surface area contributed by atoms with Crippen LogP contribution in [0.1, 0.15) is 10.4 Å². The molecule has 3 nitrogen and oxygen atoms in total. The number of imidazole rings is 1. The quantitative estimate of drug-likeness (QED) is 0.682. The fraction of sp³-hybridized carbons (Fsp3) is 0.0667. The number of rotatable bonds is 3. The summed E-state index contributed by atoms with van der Waals surface area (Å²) in [6.07, 6.45) is 5.07. The summed E-state index contributed by atoms with van der Waals surface area (Å²) >= 11 is 6.15. The lowest BCUT2D eigenvalue weighted by molar-refractivity contribution is 0.0973. The Bertz CT molecular complexity index is 735. The smallest absolute Gasteiger partial charge is 0.183 e. The Morgan fingerprint density at radius 1 is 1.16 bits per heavy atom. The van der Waals surface area contributed by atoms with Crippen LogP contribution in [0, 0.1) is 0 Å². The fourth-order valence-corrected chi connectivity index (χ4v) is 2.36. The first kappa shape index (κ1) is 11.9. The van der Waals surface area contributed by atoms with Crippen LogP contribution in [0.2, 0.25) is 5.02 Å². The molecule has 0 radical (unpaired) electrons. The standard InChI is InChI=1S/C15H11ClN2O/c16-14-6-5-13(11-3-1-2-4-12(11)14)15(19)9-18-8-7-17-10-18/h1-8,10H,9H2. The van der Waals surface area contributed by atoms with Gasteiger partial charge in [0.15, 0.2) is 5.78 Å². The molecule has 0 spiro atoms. The van der Waals surface area contributed by atoms with Gasteiger partial charge in [0, 0.05) is 28.4 Å². The van der Waals surface area contributed by atoms with E-state index in [0.29, 0.717) is 10.6 Å². The van der Waals surface area contributed by atoms with E-state index in [0.717, 1.165) is 10.8 Å². The molecule has 0 aliphatic heterocycles. The zero-order valence-corrected chi connectivity index (χ0v) is 10.8. The summed E-state index contributed by atoms with van der Waals surface area (Å²) < 4.78 is 1.76. The van der Waals surface area contributed by atoms with Gasteiger partial charge in [0.1, 0.15) is 0 Å². The van der Waals surface area contributed by atoms with Gasteiger partial charge in [-0.25, -0.2) is 4.98 Å². The average molecular weight is 271 g/mol. The maximum Gasteiger partial charge on any atom is 0.183 e. The monoisotopic (exact) mass is 270 g/mol. The Kier molecular flexibility index (Phi) is 3.05. The molecule has 94 valence electrons. The Hall–Kier alpha value is -2.13.